The van der Waals surface area contributed by atoms with Gasteiger partial charge in [0.2, 0.25) is 0 Å². The van der Waals surface area contributed by atoms with E-state index in [0.29, 0.717) is 6.61 Å². The maximum Gasteiger partial charge on any atom is 0.324 e. The summed E-state index contributed by atoms with van der Waals surface area (Å²) in [6, 6.07) is 0. The zero-order chi connectivity index (χ0) is 12.7. The molecule has 0 spiro atoms. The monoisotopic (exact) mass is 243 g/mol. The number of aliphatic carboxylic acids is 1. The number of nitrogens with one attached hydrogen (secondary N) is 1. The van der Waals surface area contributed by atoms with Crippen molar-refractivity contribution in [3.8, 4) is 0 Å². The van der Waals surface area contributed by atoms with E-state index in [1.54, 1.807) is 7.05 Å². The van der Waals surface area contributed by atoms with Gasteiger partial charge in [0, 0.05) is 13.2 Å². The molecule has 1 aliphatic carbocycles. The first-order valence-electron chi connectivity index (χ1n) is 6.67. The van der Waals surface area contributed by atoms with E-state index in [-0.39, 0.29) is 5.92 Å². The summed E-state index contributed by atoms with van der Waals surface area (Å²) in [6.07, 6.45) is 5.78. The molecule has 0 aromatic rings. The molecule has 2 atom stereocenters. The van der Waals surface area contributed by atoms with Crippen molar-refractivity contribution in [2.75, 3.05) is 20.3 Å². The quantitative estimate of drug-likeness (QED) is 0.640. The van der Waals surface area contributed by atoms with Crippen molar-refractivity contribution in [3.63, 3.8) is 0 Å². The lowest BCUT2D eigenvalue weighted by Crippen LogP contribution is -2.53. The molecule has 0 saturated heterocycles. The predicted molar refractivity (Wildman–Crippen MR) is 67.1 cm³/mol. The Balaban J connectivity index is 2.38. The number of carboxylic acids is 1. The zero-order valence-corrected chi connectivity index (χ0v) is 11.0. The van der Waals surface area contributed by atoms with Gasteiger partial charge in [-0.1, -0.05) is 19.8 Å². The third-order valence-electron chi connectivity index (χ3n) is 3.90. The molecule has 0 aliphatic heterocycles. The minimum atomic E-state index is -0.714. The van der Waals surface area contributed by atoms with Crippen LogP contribution in [-0.2, 0) is 9.53 Å². The largest absolute Gasteiger partial charge is 0.480 e. The molecule has 2 N–H and O–H groups in total. The summed E-state index contributed by atoms with van der Waals surface area (Å²) in [4.78, 5) is 11.4. The molecule has 1 rings (SSSR count). The molecule has 4 heteroatoms. The fraction of sp³-hybridized carbons (Fsp3) is 0.923. The van der Waals surface area contributed by atoms with Crippen molar-refractivity contribution < 1.29 is 14.6 Å². The van der Waals surface area contributed by atoms with Gasteiger partial charge in [0.05, 0.1) is 0 Å². The molecule has 0 aromatic carbocycles. The van der Waals surface area contributed by atoms with Crippen LogP contribution in [0, 0.1) is 5.92 Å². The van der Waals surface area contributed by atoms with Crippen LogP contribution >= 0.6 is 0 Å². The molecule has 0 radical (unpaired) electrons. The van der Waals surface area contributed by atoms with Crippen LogP contribution in [0.5, 0.6) is 0 Å². The highest BCUT2D eigenvalue weighted by molar-refractivity contribution is 5.79. The average Bonchev–Trinajstić information content (AvgIpc) is 2.73. The molecule has 1 saturated carbocycles. The topological polar surface area (TPSA) is 58.6 Å². The maximum absolute atomic E-state index is 11.4. The van der Waals surface area contributed by atoms with E-state index in [0.717, 1.165) is 45.1 Å². The molecular formula is C13H25NO3. The summed E-state index contributed by atoms with van der Waals surface area (Å²) in [5.41, 5.74) is -0.714. The predicted octanol–water partition coefficient (Wildman–Crippen LogP) is 2.04. The lowest BCUT2D eigenvalue weighted by atomic mass is 9.85. The molecule has 100 valence electrons. The van der Waals surface area contributed by atoms with Crippen LogP contribution in [0.4, 0.5) is 0 Å². The van der Waals surface area contributed by atoms with Crippen molar-refractivity contribution >= 4 is 5.97 Å². The standard InChI is InChI=1S/C13H25NO3/c1-3-4-9-17-10-7-11-6-5-8-13(11,14-2)12(15)16/h11,14H,3-10H2,1-2H3,(H,15,16). The lowest BCUT2D eigenvalue weighted by molar-refractivity contribution is -0.146. The van der Waals surface area contributed by atoms with Crippen LogP contribution in [-0.4, -0.2) is 36.9 Å². The van der Waals surface area contributed by atoms with Crippen LogP contribution in [0.25, 0.3) is 0 Å². The second-order valence-electron chi connectivity index (χ2n) is 4.87. The van der Waals surface area contributed by atoms with Crippen molar-refractivity contribution in [3.05, 3.63) is 0 Å². The molecular weight excluding hydrogens is 218 g/mol. The van der Waals surface area contributed by atoms with Gasteiger partial charge in [-0.25, -0.2) is 0 Å². The summed E-state index contributed by atoms with van der Waals surface area (Å²) in [7, 11) is 1.75. The summed E-state index contributed by atoms with van der Waals surface area (Å²) < 4.78 is 5.53. The molecule has 1 fully saturated rings. The Morgan fingerprint density at radius 1 is 1.53 bits per heavy atom. The van der Waals surface area contributed by atoms with Gasteiger partial charge in [0.1, 0.15) is 5.54 Å². The van der Waals surface area contributed by atoms with Crippen LogP contribution < -0.4 is 5.32 Å². The summed E-state index contributed by atoms with van der Waals surface area (Å²) in [5.74, 6) is -0.511. The van der Waals surface area contributed by atoms with Crippen LogP contribution in [0.2, 0.25) is 0 Å². The second-order valence-corrected chi connectivity index (χ2v) is 4.87. The molecule has 4 nitrogen and oxygen atoms in total. The van der Waals surface area contributed by atoms with E-state index in [4.69, 9.17) is 4.74 Å². The van der Waals surface area contributed by atoms with Gasteiger partial charge in [0.25, 0.3) is 0 Å². The molecule has 1 aliphatic rings. The molecule has 17 heavy (non-hydrogen) atoms. The van der Waals surface area contributed by atoms with Crippen molar-refractivity contribution in [2.45, 2.75) is 51.0 Å². The van der Waals surface area contributed by atoms with Crippen molar-refractivity contribution in [2.24, 2.45) is 5.92 Å². The highest BCUT2D eigenvalue weighted by Gasteiger charge is 2.47. The van der Waals surface area contributed by atoms with E-state index in [1.165, 1.54) is 0 Å². The molecule has 0 bridgehead atoms. The Kier molecular flexibility index (Phi) is 5.92. The van der Waals surface area contributed by atoms with E-state index >= 15 is 0 Å². The third-order valence-corrected chi connectivity index (χ3v) is 3.90. The van der Waals surface area contributed by atoms with Crippen molar-refractivity contribution in [1.82, 2.24) is 5.32 Å². The number of carbonyl (C=O) groups is 1. The highest BCUT2D eigenvalue weighted by Crippen LogP contribution is 2.37. The van der Waals surface area contributed by atoms with Gasteiger partial charge < -0.3 is 15.2 Å². The van der Waals surface area contributed by atoms with E-state index in [2.05, 4.69) is 12.2 Å². The van der Waals surface area contributed by atoms with Gasteiger partial charge in [0.15, 0.2) is 0 Å². The molecule has 0 heterocycles. The fourth-order valence-electron chi connectivity index (χ4n) is 2.76. The van der Waals surface area contributed by atoms with Gasteiger partial charge in [-0.05, 0) is 38.6 Å². The van der Waals surface area contributed by atoms with Crippen LogP contribution in [0.1, 0.15) is 45.4 Å². The minimum absolute atomic E-state index is 0.201. The Morgan fingerprint density at radius 3 is 2.88 bits per heavy atom. The molecule has 0 amide bonds. The SMILES string of the molecule is CCCCOCCC1CCCC1(NC)C(=O)O. The zero-order valence-electron chi connectivity index (χ0n) is 11.0. The van der Waals surface area contributed by atoms with E-state index in [1.807, 2.05) is 0 Å². The Morgan fingerprint density at radius 2 is 2.29 bits per heavy atom. The van der Waals surface area contributed by atoms with Gasteiger partial charge >= 0.3 is 5.97 Å². The highest BCUT2D eigenvalue weighted by atomic mass is 16.5. The first kappa shape index (κ1) is 14.5. The summed E-state index contributed by atoms with van der Waals surface area (Å²) >= 11 is 0. The number of hydrogen-bond acceptors (Lipinski definition) is 3. The van der Waals surface area contributed by atoms with Crippen LogP contribution in [0.3, 0.4) is 0 Å². The van der Waals surface area contributed by atoms with Gasteiger partial charge in [-0.15, -0.1) is 0 Å². The van der Waals surface area contributed by atoms with E-state index < -0.39 is 11.5 Å². The second kappa shape index (κ2) is 6.97. The normalized spacial score (nSPS) is 28.5. The van der Waals surface area contributed by atoms with Crippen LogP contribution in [0.15, 0.2) is 0 Å². The Labute approximate surface area is 104 Å². The Hall–Kier alpha value is -0.610. The smallest absolute Gasteiger partial charge is 0.324 e. The number of unbranched alkanes of at least 4 members (excludes halogenated alkanes) is 1. The first-order valence-corrected chi connectivity index (χ1v) is 6.67. The molecule has 0 aromatic heterocycles. The summed E-state index contributed by atoms with van der Waals surface area (Å²) in [5, 5.41) is 12.4. The van der Waals surface area contributed by atoms with Crippen molar-refractivity contribution in [1.29, 1.82) is 0 Å². The fourth-order valence-corrected chi connectivity index (χ4v) is 2.76. The van der Waals surface area contributed by atoms with E-state index in [9.17, 15) is 9.90 Å². The lowest BCUT2D eigenvalue weighted by Gasteiger charge is -2.30. The maximum atomic E-state index is 11.4. The average molecular weight is 243 g/mol. The number of carboxylic acid groups (broad SMARTS) is 1. The van der Waals surface area contributed by atoms with Gasteiger partial charge in [-0.3, -0.25) is 4.79 Å². The number of hydrogen-bond donors (Lipinski definition) is 2. The first-order chi connectivity index (χ1) is 8.17. The van der Waals surface area contributed by atoms with Gasteiger partial charge in [-0.2, -0.15) is 0 Å². The number of likely N-dealkylation sites (N-methyl/N-ethyl adjacent to an activating group) is 1. The number of rotatable bonds is 8. The minimum Gasteiger partial charge on any atom is -0.480 e. The third kappa shape index (κ3) is 3.42. The Bertz CT molecular complexity index is 245. The number of ether oxygens (including phenoxy) is 1. The molecule has 2 unspecified atom stereocenters. The summed E-state index contributed by atoms with van der Waals surface area (Å²) in [6.45, 7) is 3.61.